The van der Waals surface area contributed by atoms with Gasteiger partial charge in [-0.1, -0.05) is 0 Å². The van der Waals surface area contributed by atoms with Crippen LogP contribution in [0.5, 0.6) is 0 Å². The molecule has 0 unspecified atom stereocenters. The van der Waals surface area contributed by atoms with Gasteiger partial charge < -0.3 is 0 Å². The van der Waals surface area contributed by atoms with Crippen LogP contribution in [0.4, 0.5) is 17.1 Å². The summed E-state index contributed by atoms with van der Waals surface area (Å²) in [6.45, 7) is 9.41. The first-order valence-corrected chi connectivity index (χ1v) is 20.0. The van der Waals surface area contributed by atoms with Crippen LogP contribution < -0.4 is 10.3 Å². The van der Waals surface area contributed by atoms with Crippen molar-refractivity contribution in [3.8, 4) is 22.3 Å². The molecule has 0 bridgehead atoms. The van der Waals surface area contributed by atoms with Gasteiger partial charge in [0.05, 0.1) is 0 Å². The summed E-state index contributed by atoms with van der Waals surface area (Å²) in [6.07, 6.45) is 0. The molecule has 0 saturated heterocycles. The topological polar surface area (TPSA) is 33.5 Å². The number of rotatable bonds is 3. The zero-order valence-corrected chi connectivity index (χ0v) is 31.7. The van der Waals surface area contributed by atoms with E-state index in [1.54, 1.807) is 0 Å². The first kappa shape index (κ1) is 30.9. The SMILES string of the molecule is CC1(C)c2ccccc2-c2ccc(N(c3ccc4c(c3)C(C)(C)c3ccccc3-4)c3cccc4c3[se]c3cc5c(=O)c6ccccc6oc5cc34)cc21. The van der Waals surface area contributed by atoms with E-state index in [1.165, 1.54) is 64.1 Å². The second-order valence-electron chi connectivity index (χ2n) is 15.7. The number of fused-ring (bicyclic) bond motifs is 11. The minimum absolute atomic E-state index is 0.0294. The predicted molar refractivity (Wildman–Crippen MR) is 222 cm³/mol. The Morgan fingerprint density at radius 3 is 1.72 bits per heavy atom. The van der Waals surface area contributed by atoms with Gasteiger partial charge in [-0.05, 0) is 0 Å². The summed E-state index contributed by atoms with van der Waals surface area (Å²) in [5, 5.41) is 3.64. The molecule has 254 valence electrons. The van der Waals surface area contributed by atoms with Gasteiger partial charge in [-0.2, -0.15) is 0 Å². The van der Waals surface area contributed by atoms with Gasteiger partial charge in [0.15, 0.2) is 0 Å². The Morgan fingerprint density at radius 2 is 1.06 bits per heavy atom. The molecular formula is C49H35NO2Se. The molecule has 9 aromatic rings. The van der Waals surface area contributed by atoms with Gasteiger partial charge >= 0.3 is 315 Å². The summed E-state index contributed by atoms with van der Waals surface area (Å²) in [7, 11) is 0. The fourth-order valence-corrected chi connectivity index (χ4v) is 11.9. The van der Waals surface area contributed by atoms with Gasteiger partial charge in [0.2, 0.25) is 0 Å². The fraction of sp³-hybridized carbons (Fsp3) is 0.122. The maximum atomic E-state index is 13.7. The van der Waals surface area contributed by atoms with Gasteiger partial charge in [0, 0.05) is 0 Å². The molecular weight excluding hydrogens is 714 g/mol. The Kier molecular flexibility index (Phi) is 6.24. The van der Waals surface area contributed by atoms with Crippen LogP contribution in [0, 0.1) is 0 Å². The number of hydrogen-bond donors (Lipinski definition) is 0. The van der Waals surface area contributed by atoms with Gasteiger partial charge in [-0.25, -0.2) is 0 Å². The van der Waals surface area contributed by atoms with E-state index in [-0.39, 0.29) is 30.8 Å². The Hall–Kier alpha value is -5.67. The van der Waals surface area contributed by atoms with E-state index >= 15 is 0 Å². The molecule has 0 atom stereocenters. The molecule has 2 heterocycles. The van der Waals surface area contributed by atoms with Crippen molar-refractivity contribution in [2.24, 2.45) is 0 Å². The van der Waals surface area contributed by atoms with Gasteiger partial charge in [-0.3, -0.25) is 0 Å². The third-order valence-electron chi connectivity index (χ3n) is 12.1. The molecule has 2 aromatic heterocycles. The molecule has 3 nitrogen and oxygen atoms in total. The van der Waals surface area contributed by atoms with E-state index in [4.69, 9.17) is 4.42 Å². The van der Waals surface area contributed by atoms with Crippen molar-refractivity contribution in [3.05, 3.63) is 172 Å². The average molecular weight is 749 g/mol. The Balaban J connectivity index is 1.17. The van der Waals surface area contributed by atoms with Crippen molar-refractivity contribution in [2.75, 3.05) is 4.90 Å². The van der Waals surface area contributed by atoms with Crippen molar-refractivity contribution < 1.29 is 4.42 Å². The van der Waals surface area contributed by atoms with E-state index < -0.39 is 0 Å². The first-order valence-electron chi connectivity index (χ1n) is 18.3. The summed E-state index contributed by atoms with van der Waals surface area (Å²) in [4.78, 5) is 16.2. The Morgan fingerprint density at radius 1 is 0.491 bits per heavy atom. The molecule has 0 saturated carbocycles. The minimum atomic E-state index is -0.128. The average Bonchev–Trinajstić information content (AvgIpc) is 3.74. The van der Waals surface area contributed by atoms with E-state index in [1.807, 2.05) is 24.3 Å². The molecule has 0 amide bonds. The molecule has 53 heavy (non-hydrogen) atoms. The number of hydrogen-bond acceptors (Lipinski definition) is 3. The molecule has 7 aromatic carbocycles. The van der Waals surface area contributed by atoms with Crippen LogP contribution in [0.15, 0.2) is 149 Å². The molecule has 4 heteroatoms. The number of nitrogens with zero attached hydrogens (tertiary/aromatic N) is 1. The maximum absolute atomic E-state index is 13.7. The predicted octanol–water partition coefficient (Wildman–Crippen LogP) is 12.4. The molecule has 2 aliphatic carbocycles. The van der Waals surface area contributed by atoms with Crippen LogP contribution in [-0.2, 0) is 10.8 Å². The van der Waals surface area contributed by atoms with Crippen LogP contribution in [-0.4, -0.2) is 14.5 Å². The Bertz CT molecular complexity index is 3000. The standard InChI is InChI=1S/C49H35NO2Se/c1-48(2)38-16-8-5-12-30(38)32-22-20-28(24-40(32)48)50(29-21-23-33-31-13-6-9-17-39(31)49(3,4)41(33)25-29)42-18-11-15-34-36-26-44-37(27-45(36)53-47(34)42)46(51)35-14-7-10-19-43(35)52-44/h5-27H,1-4H3. The van der Waals surface area contributed by atoms with Crippen LogP contribution in [0.3, 0.4) is 0 Å². The summed E-state index contributed by atoms with van der Waals surface area (Å²) in [5.41, 5.74) is 15.2. The van der Waals surface area contributed by atoms with Gasteiger partial charge in [0.25, 0.3) is 0 Å². The number of para-hydroxylation sites is 1. The van der Waals surface area contributed by atoms with Gasteiger partial charge in [0.1, 0.15) is 0 Å². The third-order valence-corrected chi connectivity index (χ3v) is 14.6. The van der Waals surface area contributed by atoms with E-state index in [0.29, 0.717) is 21.9 Å². The first-order chi connectivity index (χ1) is 25.7. The molecule has 11 rings (SSSR count). The number of anilines is 3. The fourth-order valence-electron chi connectivity index (χ4n) is 9.34. The summed E-state index contributed by atoms with van der Waals surface area (Å²) >= 11 is -0.0374. The molecule has 0 fully saturated rings. The normalized spacial score (nSPS) is 14.8. The quantitative estimate of drug-likeness (QED) is 0.133. The van der Waals surface area contributed by atoms with E-state index in [0.717, 1.165) is 16.8 Å². The zero-order valence-electron chi connectivity index (χ0n) is 30.0. The Labute approximate surface area is 313 Å². The second-order valence-corrected chi connectivity index (χ2v) is 17.9. The summed E-state index contributed by atoms with van der Waals surface area (Å²) < 4.78 is 8.89. The van der Waals surface area contributed by atoms with Crippen LogP contribution in [0.25, 0.3) is 63.5 Å². The molecule has 2 aliphatic rings. The zero-order chi connectivity index (χ0) is 35.8. The molecule has 0 aliphatic heterocycles. The molecule has 0 N–H and O–H groups in total. The number of benzene rings is 7. The van der Waals surface area contributed by atoms with Crippen molar-refractivity contribution >= 4 is 72.8 Å². The van der Waals surface area contributed by atoms with Crippen molar-refractivity contribution in [3.63, 3.8) is 0 Å². The van der Waals surface area contributed by atoms with Crippen LogP contribution in [0.1, 0.15) is 49.9 Å². The van der Waals surface area contributed by atoms with E-state index in [2.05, 4.69) is 148 Å². The van der Waals surface area contributed by atoms with E-state index in [9.17, 15) is 4.79 Å². The summed E-state index contributed by atoms with van der Waals surface area (Å²) in [5.74, 6) is 0. The third kappa shape index (κ3) is 4.19. The second kappa shape index (κ2) is 10.7. The van der Waals surface area contributed by atoms with Crippen LogP contribution in [0.2, 0.25) is 0 Å². The summed E-state index contributed by atoms with van der Waals surface area (Å²) in [6, 6.07) is 50.3. The van der Waals surface area contributed by atoms with Crippen molar-refractivity contribution in [2.45, 2.75) is 38.5 Å². The molecule has 0 spiro atoms. The van der Waals surface area contributed by atoms with Crippen molar-refractivity contribution in [1.29, 1.82) is 0 Å². The van der Waals surface area contributed by atoms with Gasteiger partial charge in [-0.15, -0.1) is 0 Å². The van der Waals surface area contributed by atoms with Crippen LogP contribution >= 0.6 is 0 Å². The molecule has 0 radical (unpaired) electrons. The monoisotopic (exact) mass is 749 g/mol. The van der Waals surface area contributed by atoms with Crippen molar-refractivity contribution in [1.82, 2.24) is 0 Å².